The Labute approximate surface area is 133 Å². The normalized spacial score (nSPS) is 11.0. The van der Waals surface area contributed by atoms with Crippen molar-refractivity contribution in [2.45, 2.75) is 0 Å². The third-order valence-electron chi connectivity index (χ3n) is 3.69. The minimum absolute atomic E-state index is 0.632. The minimum atomic E-state index is 0.632. The van der Waals surface area contributed by atoms with Crippen LogP contribution in [0.4, 0.5) is 0 Å². The molecule has 1 radical (unpaired) electrons. The molecule has 7 heteroatoms. The maximum Gasteiger partial charge on any atom is 0.660 e. The summed E-state index contributed by atoms with van der Waals surface area (Å²) in [5.41, 5.74) is 1.76. The molecule has 0 aliphatic carbocycles. The van der Waals surface area contributed by atoms with Gasteiger partial charge < -0.3 is 9.31 Å². The SMILES string of the molecule is Cn1nc2ccccc2c1O[B]Oc1c2ccccc2nn1C. The van der Waals surface area contributed by atoms with Gasteiger partial charge in [-0.15, -0.1) is 0 Å². The largest absolute Gasteiger partial charge is 0.660 e. The van der Waals surface area contributed by atoms with E-state index in [4.69, 9.17) is 9.31 Å². The Morgan fingerprint density at radius 3 is 1.65 bits per heavy atom. The average Bonchev–Trinajstić information content (AvgIpc) is 3.04. The van der Waals surface area contributed by atoms with Gasteiger partial charge in [0.25, 0.3) is 0 Å². The van der Waals surface area contributed by atoms with E-state index in [0.717, 1.165) is 21.8 Å². The second-order valence-corrected chi connectivity index (χ2v) is 5.22. The molecule has 113 valence electrons. The predicted octanol–water partition coefficient (Wildman–Crippen LogP) is 2.45. The van der Waals surface area contributed by atoms with Gasteiger partial charge in [0, 0.05) is 14.1 Å². The Balaban J connectivity index is 1.57. The van der Waals surface area contributed by atoms with Crippen LogP contribution in [0, 0.1) is 0 Å². The summed E-state index contributed by atoms with van der Waals surface area (Å²) in [5, 5.41) is 10.7. The Morgan fingerprint density at radius 2 is 1.17 bits per heavy atom. The zero-order valence-corrected chi connectivity index (χ0v) is 12.8. The van der Waals surface area contributed by atoms with Crippen molar-refractivity contribution in [3.63, 3.8) is 0 Å². The number of fused-ring (bicyclic) bond motifs is 2. The summed E-state index contributed by atoms with van der Waals surface area (Å²) in [6, 6.07) is 15.6. The molecule has 0 amide bonds. The highest BCUT2D eigenvalue weighted by atomic mass is 16.6. The van der Waals surface area contributed by atoms with Crippen LogP contribution in [0.3, 0.4) is 0 Å². The van der Waals surface area contributed by atoms with Gasteiger partial charge in [-0.05, 0) is 24.3 Å². The lowest BCUT2D eigenvalue weighted by Gasteiger charge is -2.07. The van der Waals surface area contributed by atoms with E-state index in [1.165, 1.54) is 7.69 Å². The lowest BCUT2D eigenvalue weighted by molar-refractivity contribution is 0.413. The van der Waals surface area contributed by atoms with Crippen molar-refractivity contribution < 1.29 is 9.31 Å². The number of aromatic nitrogens is 4. The van der Waals surface area contributed by atoms with Gasteiger partial charge >= 0.3 is 7.69 Å². The summed E-state index contributed by atoms with van der Waals surface area (Å²) in [7, 11) is 4.98. The van der Waals surface area contributed by atoms with E-state index in [1.54, 1.807) is 9.36 Å². The van der Waals surface area contributed by atoms with Gasteiger partial charge in [0.15, 0.2) is 0 Å². The molecule has 0 atom stereocenters. The van der Waals surface area contributed by atoms with Crippen LogP contribution in [0.25, 0.3) is 21.8 Å². The van der Waals surface area contributed by atoms with E-state index in [9.17, 15) is 0 Å². The van der Waals surface area contributed by atoms with Crippen LogP contribution in [0.5, 0.6) is 11.8 Å². The number of hydrogen-bond acceptors (Lipinski definition) is 4. The first-order valence-corrected chi connectivity index (χ1v) is 7.22. The van der Waals surface area contributed by atoms with Gasteiger partial charge in [0.1, 0.15) is 0 Å². The zero-order valence-electron chi connectivity index (χ0n) is 12.8. The monoisotopic (exact) mass is 305 g/mol. The molecule has 0 saturated carbocycles. The molecular weight excluding hydrogens is 291 g/mol. The second-order valence-electron chi connectivity index (χ2n) is 5.22. The fraction of sp³-hybridized carbons (Fsp3) is 0.125. The number of rotatable bonds is 4. The summed E-state index contributed by atoms with van der Waals surface area (Å²) >= 11 is 0. The van der Waals surface area contributed by atoms with E-state index in [1.807, 2.05) is 62.6 Å². The first kappa shape index (κ1) is 13.7. The average molecular weight is 305 g/mol. The van der Waals surface area contributed by atoms with Crippen molar-refractivity contribution in [1.82, 2.24) is 19.6 Å². The molecule has 2 aromatic heterocycles. The van der Waals surface area contributed by atoms with Gasteiger partial charge in [0.05, 0.1) is 21.8 Å². The quantitative estimate of drug-likeness (QED) is 0.543. The molecule has 0 aliphatic heterocycles. The zero-order chi connectivity index (χ0) is 15.8. The van der Waals surface area contributed by atoms with Crippen molar-refractivity contribution in [2.24, 2.45) is 14.1 Å². The van der Waals surface area contributed by atoms with Crippen LogP contribution in [-0.2, 0) is 14.1 Å². The fourth-order valence-corrected chi connectivity index (χ4v) is 2.64. The molecule has 2 heterocycles. The summed E-state index contributed by atoms with van der Waals surface area (Å²) in [6.07, 6.45) is 0. The molecule has 0 spiro atoms. The van der Waals surface area contributed by atoms with Gasteiger partial charge in [-0.3, -0.25) is 0 Å². The molecule has 0 saturated heterocycles. The lowest BCUT2D eigenvalue weighted by Crippen LogP contribution is -2.15. The molecule has 0 fully saturated rings. The Bertz CT molecular complexity index is 912. The first-order chi connectivity index (χ1) is 11.2. The van der Waals surface area contributed by atoms with Gasteiger partial charge in [-0.2, -0.15) is 10.2 Å². The van der Waals surface area contributed by atoms with Gasteiger partial charge in [-0.1, -0.05) is 24.3 Å². The summed E-state index contributed by atoms with van der Waals surface area (Å²) < 4.78 is 14.7. The van der Waals surface area contributed by atoms with Crippen molar-refractivity contribution >= 4 is 29.5 Å². The first-order valence-electron chi connectivity index (χ1n) is 7.22. The molecule has 0 bridgehead atoms. The minimum Gasteiger partial charge on any atom is -0.512 e. The van der Waals surface area contributed by atoms with Crippen LogP contribution in [0.15, 0.2) is 48.5 Å². The lowest BCUT2D eigenvalue weighted by atomic mass is 10.2. The number of aryl methyl sites for hydroxylation is 2. The number of hydrogen-bond donors (Lipinski definition) is 0. The van der Waals surface area contributed by atoms with Crippen LogP contribution in [-0.4, -0.2) is 27.2 Å². The molecule has 4 rings (SSSR count). The van der Waals surface area contributed by atoms with Gasteiger partial charge in [0.2, 0.25) is 11.8 Å². The summed E-state index contributed by atoms with van der Waals surface area (Å²) in [4.78, 5) is 0. The predicted molar refractivity (Wildman–Crippen MR) is 88.4 cm³/mol. The third-order valence-corrected chi connectivity index (χ3v) is 3.69. The van der Waals surface area contributed by atoms with Crippen molar-refractivity contribution in [3.05, 3.63) is 48.5 Å². The second kappa shape index (κ2) is 5.35. The van der Waals surface area contributed by atoms with Gasteiger partial charge in [-0.25, -0.2) is 9.36 Å². The highest BCUT2D eigenvalue weighted by molar-refractivity contribution is 6.21. The van der Waals surface area contributed by atoms with E-state index >= 15 is 0 Å². The molecular formula is C16H14BN4O2. The molecule has 4 aromatic rings. The van der Waals surface area contributed by atoms with Crippen LogP contribution < -0.4 is 9.31 Å². The maximum absolute atomic E-state index is 5.68. The maximum atomic E-state index is 5.68. The molecule has 23 heavy (non-hydrogen) atoms. The van der Waals surface area contributed by atoms with E-state index < -0.39 is 0 Å². The number of benzene rings is 2. The van der Waals surface area contributed by atoms with Crippen LogP contribution >= 0.6 is 0 Å². The number of nitrogens with zero attached hydrogens (tertiary/aromatic N) is 4. The molecule has 0 unspecified atom stereocenters. The van der Waals surface area contributed by atoms with E-state index in [-0.39, 0.29) is 0 Å². The van der Waals surface area contributed by atoms with Crippen molar-refractivity contribution in [2.75, 3.05) is 0 Å². The fourth-order valence-electron chi connectivity index (χ4n) is 2.64. The summed E-state index contributed by atoms with van der Waals surface area (Å²) in [6.45, 7) is 0. The van der Waals surface area contributed by atoms with Crippen molar-refractivity contribution in [1.29, 1.82) is 0 Å². The smallest absolute Gasteiger partial charge is 0.512 e. The molecule has 2 aromatic carbocycles. The van der Waals surface area contributed by atoms with Crippen LogP contribution in [0.2, 0.25) is 0 Å². The molecule has 0 aliphatic rings. The standard InChI is InChI=1S/C16H14BN4O2/c1-20-15(11-7-3-5-9-13(11)18-20)22-17-23-16-12-8-4-6-10-14(12)19-21(16)2/h3-10H,1-2H3. The highest BCUT2D eigenvalue weighted by Gasteiger charge is 2.15. The van der Waals surface area contributed by atoms with E-state index in [0.29, 0.717) is 11.8 Å². The Kier molecular flexibility index (Phi) is 3.18. The topological polar surface area (TPSA) is 54.1 Å². The third kappa shape index (κ3) is 2.30. The van der Waals surface area contributed by atoms with Crippen molar-refractivity contribution in [3.8, 4) is 11.8 Å². The molecule has 6 nitrogen and oxygen atoms in total. The van der Waals surface area contributed by atoms with Crippen LogP contribution in [0.1, 0.15) is 0 Å². The Hall–Kier alpha value is -2.96. The Morgan fingerprint density at radius 1 is 0.739 bits per heavy atom. The highest BCUT2D eigenvalue weighted by Crippen LogP contribution is 2.26. The molecule has 0 N–H and O–H groups in total. The summed E-state index contributed by atoms with van der Waals surface area (Å²) in [5.74, 6) is 1.26. The van der Waals surface area contributed by atoms with E-state index in [2.05, 4.69) is 10.2 Å².